The first-order valence-corrected chi connectivity index (χ1v) is 7.32. The maximum absolute atomic E-state index is 11.3. The third kappa shape index (κ3) is 3.24. The first-order chi connectivity index (χ1) is 9.91. The van der Waals surface area contributed by atoms with Crippen molar-refractivity contribution < 1.29 is 15.0 Å². The van der Waals surface area contributed by atoms with Crippen LogP contribution in [-0.2, 0) is 6.54 Å². The SMILES string of the molecule is CC(O)CCCn1c(C(C)C)nc2c(C(=O)O)cccc21. The van der Waals surface area contributed by atoms with E-state index in [-0.39, 0.29) is 17.6 Å². The van der Waals surface area contributed by atoms with Crippen LogP contribution in [0.15, 0.2) is 18.2 Å². The van der Waals surface area contributed by atoms with Crippen molar-refractivity contribution in [2.45, 2.75) is 52.2 Å². The fraction of sp³-hybridized carbons (Fsp3) is 0.500. The first kappa shape index (κ1) is 15.5. The first-order valence-electron chi connectivity index (χ1n) is 7.32. The van der Waals surface area contributed by atoms with Crippen molar-refractivity contribution >= 4 is 17.0 Å². The predicted molar refractivity (Wildman–Crippen MR) is 81.7 cm³/mol. The van der Waals surface area contributed by atoms with E-state index in [1.54, 1.807) is 19.1 Å². The molecule has 0 radical (unpaired) electrons. The van der Waals surface area contributed by atoms with Crippen LogP contribution in [0.5, 0.6) is 0 Å². The fourth-order valence-corrected chi connectivity index (χ4v) is 2.56. The molecule has 1 heterocycles. The van der Waals surface area contributed by atoms with Crippen molar-refractivity contribution in [1.82, 2.24) is 9.55 Å². The molecule has 1 aromatic heterocycles. The predicted octanol–water partition coefficient (Wildman–Crippen LogP) is 3.02. The molecule has 0 spiro atoms. The summed E-state index contributed by atoms with van der Waals surface area (Å²) in [4.78, 5) is 15.9. The third-order valence-electron chi connectivity index (χ3n) is 3.56. The van der Waals surface area contributed by atoms with Gasteiger partial charge in [-0.05, 0) is 31.9 Å². The topological polar surface area (TPSA) is 75.3 Å². The maximum atomic E-state index is 11.3. The Morgan fingerprint density at radius 1 is 1.33 bits per heavy atom. The molecule has 0 aliphatic heterocycles. The molecule has 21 heavy (non-hydrogen) atoms. The van der Waals surface area contributed by atoms with Crippen molar-refractivity contribution in [2.24, 2.45) is 0 Å². The minimum Gasteiger partial charge on any atom is -0.478 e. The van der Waals surface area contributed by atoms with Crippen molar-refractivity contribution in [1.29, 1.82) is 0 Å². The molecule has 0 aliphatic carbocycles. The second kappa shape index (κ2) is 6.26. The highest BCUT2D eigenvalue weighted by Gasteiger charge is 2.18. The van der Waals surface area contributed by atoms with Gasteiger partial charge in [0.15, 0.2) is 0 Å². The van der Waals surface area contributed by atoms with Crippen LogP contribution in [-0.4, -0.2) is 31.8 Å². The Hall–Kier alpha value is -1.88. The normalized spacial score (nSPS) is 13.0. The number of aryl methyl sites for hydroxylation is 1. The number of carbonyl (C=O) groups is 1. The molecule has 0 aliphatic rings. The van der Waals surface area contributed by atoms with Crippen LogP contribution in [0.25, 0.3) is 11.0 Å². The fourth-order valence-electron chi connectivity index (χ4n) is 2.56. The lowest BCUT2D eigenvalue weighted by molar-refractivity contribution is 0.0699. The maximum Gasteiger partial charge on any atom is 0.337 e. The molecule has 1 unspecified atom stereocenters. The Morgan fingerprint density at radius 3 is 2.62 bits per heavy atom. The van der Waals surface area contributed by atoms with Crippen LogP contribution in [0, 0.1) is 0 Å². The van der Waals surface area contributed by atoms with Crippen LogP contribution in [0.4, 0.5) is 0 Å². The van der Waals surface area contributed by atoms with Gasteiger partial charge in [0.25, 0.3) is 0 Å². The summed E-state index contributed by atoms with van der Waals surface area (Å²) in [6.07, 6.45) is 1.23. The van der Waals surface area contributed by atoms with Gasteiger partial charge in [0.1, 0.15) is 11.3 Å². The van der Waals surface area contributed by atoms with Gasteiger partial charge >= 0.3 is 5.97 Å². The zero-order chi connectivity index (χ0) is 15.6. The summed E-state index contributed by atoms with van der Waals surface area (Å²) in [6, 6.07) is 5.24. The summed E-state index contributed by atoms with van der Waals surface area (Å²) in [6.45, 7) is 6.61. The van der Waals surface area contributed by atoms with Crippen LogP contribution < -0.4 is 0 Å². The number of hydrogen-bond acceptors (Lipinski definition) is 3. The second-order valence-corrected chi connectivity index (χ2v) is 5.75. The van der Waals surface area contributed by atoms with Gasteiger partial charge < -0.3 is 14.8 Å². The largest absolute Gasteiger partial charge is 0.478 e. The molecule has 0 fully saturated rings. The molecule has 0 amide bonds. The summed E-state index contributed by atoms with van der Waals surface area (Å²) >= 11 is 0. The quantitative estimate of drug-likeness (QED) is 0.857. The standard InChI is InChI=1S/C16H22N2O3/c1-10(2)15-17-14-12(16(20)21)7-4-8-13(14)18(15)9-5-6-11(3)19/h4,7-8,10-11,19H,5-6,9H2,1-3H3,(H,20,21). The summed E-state index contributed by atoms with van der Waals surface area (Å²) in [5.41, 5.74) is 1.64. The number of imidazole rings is 1. The Morgan fingerprint density at radius 2 is 2.05 bits per heavy atom. The molecule has 1 aromatic carbocycles. The van der Waals surface area contributed by atoms with E-state index in [2.05, 4.69) is 9.55 Å². The number of para-hydroxylation sites is 1. The minimum atomic E-state index is -0.954. The molecule has 0 saturated carbocycles. The number of fused-ring (bicyclic) bond motifs is 1. The van der Waals surface area contributed by atoms with Gasteiger partial charge in [-0.3, -0.25) is 0 Å². The molecular weight excluding hydrogens is 268 g/mol. The minimum absolute atomic E-state index is 0.214. The number of hydrogen-bond donors (Lipinski definition) is 2. The number of carboxylic acid groups (broad SMARTS) is 1. The lowest BCUT2D eigenvalue weighted by Crippen LogP contribution is -2.08. The highest BCUT2D eigenvalue weighted by molar-refractivity contribution is 6.01. The van der Waals surface area contributed by atoms with Gasteiger partial charge in [-0.2, -0.15) is 0 Å². The molecule has 1 atom stereocenters. The van der Waals surface area contributed by atoms with E-state index in [1.165, 1.54) is 0 Å². The summed E-state index contributed by atoms with van der Waals surface area (Å²) in [5.74, 6) is 0.152. The number of aromatic carboxylic acids is 1. The van der Waals surface area contributed by atoms with E-state index in [0.717, 1.165) is 30.7 Å². The van der Waals surface area contributed by atoms with Crippen LogP contribution in [0.1, 0.15) is 55.7 Å². The van der Waals surface area contributed by atoms with E-state index in [0.29, 0.717) is 5.52 Å². The van der Waals surface area contributed by atoms with Gasteiger partial charge in [-0.1, -0.05) is 19.9 Å². The molecule has 114 valence electrons. The lowest BCUT2D eigenvalue weighted by Gasteiger charge is -2.12. The average Bonchev–Trinajstić information content (AvgIpc) is 2.77. The molecule has 0 saturated heterocycles. The van der Waals surface area contributed by atoms with E-state index in [1.807, 2.05) is 19.9 Å². The molecular formula is C16H22N2O3. The number of benzene rings is 1. The second-order valence-electron chi connectivity index (χ2n) is 5.75. The Bertz CT molecular complexity index is 644. The summed E-state index contributed by atoms with van der Waals surface area (Å²) in [5, 5.41) is 18.7. The van der Waals surface area contributed by atoms with E-state index < -0.39 is 5.97 Å². The molecule has 0 bridgehead atoms. The number of nitrogens with zero attached hydrogens (tertiary/aromatic N) is 2. The van der Waals surface area contributed by atoms with E-state index >= 15 is 0 Å². The highest BCUT2D eigenvalue weighted by atomic mass is 16.4. The van der Waals surface area contributed by atoms with Crippen molar-refractivity contribution in [2.75, 3.05) is 0 Å². The van der Waals surface area contributed by atoms with Crippen LogP contribution in [0.3, 0.4) is 0 Å². The summed E-state index contributed by atoms with van der Waals surface area (Å²) in [7, 11) is 0. The molecule has 2 N–H and O–H groups in total. The van der Waals surface area contributed by atoms with E-state index in [4.69, 9.17) is 0 Å². The average molecular weight is 290 g/mol. The Balaban J connectivity index is 2.48. The smallest absolute Gasteiger partial charge is 0.337 e. The van der Waals surface area contributed by atoms with Gasteiger partial charge in [0.05, 0.1) is 17.2 Å². The number of aliphatic hydroxyl groups is 1. The van der Waals surface area contributed by atoms with E-state index in [9.17, 15) is 15.0 Å². The number of aromatic nitrogens is 2. The van der Waals surface area contributed by atoms with Gasteiger partial charge in [-0.25, -0.2) is 9.78 Å². The Kier molecular flexibility index (Phi) is 4.63. The third-order valence-corrected chi connectivity index (χ3v) is 3.56. The van der Waals surface area contributed by atoms with Crippen LogP contribution in [0.2, 0.25) is 0 Å². The molecule has 5 heteroatoms. The monoisotopic (exact) mass is 290 g/mol. The van der Waals surface area contributed by atoms with Gasteiger partial charge in [0, 0.05) is 12.5 Å². The highest BCUT2D eigenvalue weighted by Crippen LogP contribution is 2.25. The molecule has 5 nitrogen and oxygen atoms in total. The van der Waals surface area contributed by atoms with Gasteiger partial charge in [-0.15, -0.1) is 0 Å². The van der Waals surface area contributed by atoms with Crippen molar-refractivity contribution in [3.63, 3.8) is 0 Å². The number of carboxylic acids is 1. The zero-order valence-electron chi connectivity index (χ0n) is 12.7. The number of aliphatic hydroxyl groups excluding tert-OH is 1. The molecule has 2 rings (SSSR count). The zero-order valence-corrected chi connectivity index (χ0v) is 12.7. The summed E-state index contributed by atoms with van der Waals surface area (Å²) < 4.78 is 2.08. The molecule has 2 aromatic rings. The van der Waals surface area contributed by atoms with Crippen molar-refractivity contribution in [3.05, 3.63) is 29.6 Å². The van der Waals surface area contributed by atoms with Crippen LogP contribution >= 0.6 is 0 Å². The number of rotatable bonds is 6. The Labute approximate surface area is 124 Å². The van der Waals surface area contributed by atoms with Crippen molar-refractivity contribution in [3.8, 4) is 0 Å². The van der Waals surface area contributed by atoms with Gasteiger partial charge in [0.2, 0.25) is 0 Å². The lowest BCUT2D eigenvalue weighted by atomic mass is 10.1.